The molecule has 2 N–H and O–H groups in total. The van der Waals surface area contributed by atoms with Crippen molar-refractivity contribution in [2.75, 3.05) is 4.90 Å². The lowest BCUT2D eigenvalue weighted by molar-refractivity contribution is -0.122. The number of carboxylic acid groups (broad SMARTS) is 1. The summed E-state index contributed by atoms with van der Waals surface area (Å²) < 4.78 is 2.08. The molecule has 0 saturated carbocycles. The van der Waals surface area contributed by atoms with E-state index in [-0.39, 0.29) is 21.7 Å². The van der Waals surface area contributed by atoms with Gasteiger partial charge in [0, 0.05) is 17.1 Å². The molecular formula is C28H27N3O4S. The fourth-order valence-electron chi connectivity index (χ4n) is 4.24. The third kappa shape index (κ3) is 4.59. The molecule has 0 bridgehead atoms. The van der Waals surface area contributed by atoms with Crippen LogP contribution in [0.1, 0.15) is 53.6 Å². The van der Waals surface area contributed by atoms with Gasteiger partial charge in [-0.1, -0.05) is 32.9 Å². The van der Waals surface area contributed by atoms with Crippen LogP contribution in [0.3, 0.4) is 0 Å². The molecule has 1 fully saturated rings. The van der Waals surface area contributed by atoms with Crippen molar-refractivity contribution in [2.24, 2.45) is 0 Å². The van der Waals surface area contributed by atoms with Gasteiger partial charge in [0.25, 0.3) is 11.8 Å². The molecule has 0 atom stereocenters. The number of benzene rings is 2. The van der Waals surface area contributed by atoms with Gasteiger partial charge in [-0.25, -0.2) is 4.79 Å². The number of aromatic nitrogens is 1. The van der Waals surface area contributed by atoms with E-state index in [0.29, 0.717) is 5.69 Å². The fourth-order valence-corrected chi connectivity index (χ4v) is 4.52. The normalized spacial score (nSPS) is 15.4. The summed E-state index contributed by atoms with van der Waals surface area (Å²) in [4.78, 5) is 38.5. The molecule has 1 saturated heterocycles. The summed E-state index contributed by atoms with van der Waals surface area (Å²) in [6.45, 7) is 10.4. The first-order valence-corrected chi connectivity index (χ1v) is 11.8. The second kappa shape index (κ2) is 9.20. The molecule has 2 heterocycles. The van der Waals surface area contributed by atoms with Gasteiger partial charge in [-0.3, -0.25) is 19.8 Å². The van der Waals surface area contributed by atoms with E-state index in [4.69, 9.17) is 17.3 Å². The molecule has 1 aliphatic rings. The largest absolute Gasteiger partial charge is 0.478 e. The zero-order chi connectivity index (χ0) is 26.4. The Kier molecular flexibility index (Phi) is 6.41. The topological polar surface area (TPSA) is 91.6 Å². The minimum atomic E-state index is -1.08. The van der Waals surface area contributed by atoms with Crippen LogP contribution in [0.25, 0.3) is 11.8 Å². The molecule has 2 amide bonds. The van der Waals surface area contributed by atoms with Gasteiger partial charge in [0.2, 0.25) is 0 Å². The number of aromatic carboxylic acids is 1. The predicted molar refractivity (Wildman–Crippen MR) is 144 cm³/mol. The van der Waals surface area contributed by atoms with Crippen LogP contribution in [-0.2, 0) is 15.0 Å². The van der Waals surface area contributed by atoms with Crippen LogP contribution >= 0.6 is 12.2 Å². The molecule has 0 spiro atoms. The fraction of sp³-hybridized carbons (Fsp3) is 0.214. The minimum Gasteiger partial charge on any atom is -0.478 e. The Morgan fingerprint density at radius 1 is 0.972 bits per heavy atom. The smallest absolute Gasteiger partial charge is 0.335 e. The lowest BCUT2D eigenvalue weighted by Gasteiger charge is -2.29. The number of aryl methyl sites for hydroxylation is 1. The highest BCUT2D eigenvalue weighted by Gasteiger charge is 2.34. The third-order valence-electron chi connectivity index (χ3n) is 6.24. The van der Waals surface area contributed by atoms with Gasteiger partial charge in [0.1, 0.15) is 5.57 Å². The summed E-state index contributed by atoms with van der Waals surface area (Å²) in [5.74, 6) is -2.24. The number of carbonyl (C=O) groups excluding carboxylic acids is 2. The number of hydrogen-bond acceptors (Lipinski definition) is 4. The van der Waals surface area contributed by atoms with E-state index in [1.807, 2.05) is 19.9 Å². The molecule has 0 aliphatic carbocycles. The van der Waals surface area contributed by atoms with Gasteiger partial charge in [0.05, 0.1) is 11.3 Å². The van der Waals surface area contributed by atoms with Crippen molar-refractivity contribution >= 4 is 46.9 Å². The standard InChI is InChI=1S/C28H27N3O4S/c1-16-14-19(17(2)30(16)21-12-8-20(9-13-21)28(3,4)5)15-23-24(32)29-27(36)31(25(23)33)22-10-6-18(7-11-22)26(34)35/h6-15H,1-5H3,(H,34,35)(H,29,32,36)/b23-15-. The lowest BCUT2D eigenvalue weighted by atomic mass is 9.87. The van der Waals surface area contributed by atoms with E-state index < -0.39 is 17.8 Å². The van der Waals surface area contributed by atoms with Crippen molar-refractivity contribution in [3.05, 3.63) is 88.2 Å². The summed E-state index contributed by atoms with van der Waals surface area (Å²) in [7, 11) is 0. The van der Waals surface area contributed by atoms with Crippen molar-refractivity contribution in [3.8, 4) is 5.69 Å². The molecule has 184 valence electrons. The molecule has 7 nitrogen and oxygen atoms in total. The summed E-state index contributed by atoms with van der Waals surface area (Å²) in [5, 5.41) is 11.6. The predicted octanol–water partition coefficient (Wildman–Crippen LogP) is 4.92. The SMILES string of the molecule is Cc1cc(/C=C2/C(=O)NC(=S)N(c3ccc(C(=O)O)cc3)C2=O)c(C)n1-c1ccc(C(C)(C)C)cc1. The number of carboxylic acids is 1. The second-order valence-electron chi connectivity index (χ2n) is 9.77. The number of rotatable bonds is 4. The van der Waals surface area contributed by atoms with E-state index in [1.54, 1.807) is 6.08 Å². The summed E-state index contributed by atoms with van der Waals surface area (Å²) in [6.07, 6.45) is 1.57. The van der Waals surface area contributed by atoms with Crippen LogP contribution in [0.4, 0.5) is 5.69 Å². The molecule has 4 rings (SSSR count). The molecule has 8 heteroatoms. The van der Waals surface area contributed by atoms with Gasteiger partial charge in [-0.2, -0.15) is 0 Å². The first-order valence-electron chi connectivity index (χ1n) is 11.4. The number of nitrogens with one attached hydrogen (secondary N) is 1. The average molecular weight is 502 g/mol. The zero-order valence-corrected chi connectivity index (χ0v) is 21.6. The minimum absolute atomic E-state index is 0.0456. The summed E-state index contributed by atoms with van der Waals surface area (Å²) in [6, 6.07) is 16.0. The molecular weight excluding hydrogens is 474 g/mol. The van der Waals surface area contributed by atoms with Crippen molar-refractivity contribution < 1.29 is 19.5 Å². The Bertz CT molecular complexity index is 1430. The molecule has 3 aromatic rings. The van der Waals surface area contributed by atoms with Crippen LogP contribution in [0.5, 0.6) is 0 Å². The van der Waals surface area contributed by atoms with Gasteiger partial charge in [-0.05, 0) is 91.1 Å². The molecule has 36 heavy (non-hydrogen) atoms. The van der Waals surface area contributed by atoms with Crippen molar-refractivity contribution in [1.82, 2.24) is 9.88 Å². The summed E-state index contributed by atoms with van der Waals surface area (Å²) in [5.41, 5.74) is 5.23. The van der Waals surface area contributed by atoms with Gasteiger partial charge in [-0.15, -0.1) is 0 Å². The highest BCUT2D eigenvalue weighted by atomic mass is 32.1. The summed E-state index contributed by atoms with van der Waals surface area (Å²) >= 11 is 5.24. The number of thiocarbonyl (C=S) groups is 1. The Balaban J connectivity index is 1.71. The van der Waals surface area contributed by atoms with Crippen molar-refractivity contribution in [1.29, 1.82) is 0 Å². The monoisotopic (exact) mass is 501 g/mol. The molecule has 2 aromatic carbocycles. The molecule has 1 aliphatic heterocycles. The average Bonchev–Trinajstić information content (AvgIpc) is 3.09. The molecule has 0 unspecified atom stereocenters. The first kappa shape index (κ1) is 25.1. The Hall–Kier alpha value is -4.04. The highest BCUT2D eigenvalue weighted by Crippen LogP contribution is 2.28. The van der Waals surface area contributed by atoms with Crippen LogP contribution in [0.2, 0.25) is 0 Å². The van der Waals surface area contributed by atoms with Crippen molar-refractivity contribution in [2.45, 2.75) is 40.0 Å². The number of carbonyl (C=O) groups is 3. The molecule has 1 aromatic heterocycles. The maximum atomic E-state index is 13.4. The van der Waals surface area contributed by atoms with Gasteiger partial charge < -0.3 is 9.67 Å². The zero-order valence-electron chi connectivity index (χ0n) is 20.7. The Morgan fingerprint density at radius 2 is 1.56 bits per heavy atom. The number of nitrogens with zero attached hydrogens (tertiary/aromatic N) is 2. The van der Waals surface area contributed by atoms with Crippen LogP contribution < -0.4 is 10.2 Å². The number of hydrogen-bond donors (Lipinski definition) is 2. The maximum absolute atomic E-state index is 13.4. The van der Waals surface area contributed by atoms with E-state index in [9.17, 15) is 14.4 Å². The highest BCUT2D eigenvalue weighted by molar-refractivity contribution is 7.80. The van der Waals surface area contributed by atoms with Crippen LogP contribution in [0.15, 0.2) is 60.2 Å². The van der Waals surface area contributed by atoms with Gasteiger partial charge >= 0.3 is 5.97 Å². The third-order valence-corrected chi connectivity index (χ3v) is 6.52. The van der Waals surface area contributed by atoms with Crippen LogP contribution in [0, 0.1) is 13.8 Å². The van der Waals surface area contributed by atoms with Gasteiger partial charge in [0.15, 0.2) is 5.11 Å². The van der Waals surface area contributed by atoms with Crippen molar-refractivity contribution in [3.63, 3.8) is 0 Å². The molecule has 0 radical (unpaired) electrons. The van der Waals surface area contributed by atoms with Crippen LogP contribution in [-0.4, -0.2) is 32.6 Å². The lowest BCUT2D eigenvalue weighted by Crippen LogP contribution is -2.54. The Labute approximate surface area is 215 Å². The quantitative estimate of drug-likeness (QED) is 0.301. The van der Waals surface area contributed by atoms with E-state index in [0.717, 1.165) is 22.6 Å². The second-order valence-corrected chi connectivity index (χ2v) is 10.2. The first-order chi connectivity index (χ1) is 16.9. The van der Waals surface area contributed by atoms with E-state index >= 15 is 0 Å². The Morgan fingerprint density at radius 3 is 2.11 bits per heavy atom. The van der Waals surface area contributed by atoms with E-state index in [1.165, 1.54) is 34.7 Å². The number of anilines is 1. The number of amides is 2. The van der Waals surface area contributed by atoms with E-state index in [2.05, 4.69) is 54.9 Å². The maximum Gasteiger partial charge on any atom is 0.335 e.